The summed E-state index contributed by atoms with van der Waals surface area (Å²) in [4.78, 5) is 20.4. The number of carbonyl (C=O) groups is 1. The summed E-state index contributed by atoms with van der Waals surface area (Å²) in [6.45, 7) is 7.60. The predicted molar refractivity (Wildman–Crippen MR) is 75.3 cm³/mol. The number of aromatic nitrogens is 1. The van der Waals surface area contributed by atoms with E-state index in [1.54, 1.807) is 13.1 Å². The van der Waals surface area contributed by atoms with E-state index in [1.165, 1.54) is 0 Å². The average Bonchev–Trinajstić information content (AvgIpc) is 2.29. The molecule has 0 aromatic carbocycles. The highest BCUT2D eigenvalue weighted by Crippen LogP contribution is 2.20. The lowest BCUT2D eigenvalue weighted by Crippen LogP contribution is -2.41. The summed E-state index contributed by atoms with van der Waals surface area (Å²) in [5.41, 5.74) is 0.699. The van der Waals surface area contributed by atoms with Crippen molar-refractivity contribution in [2.75, 3.05) is 32.1 Å². The zero-order chi connectivity index (χ0) is 13.7. The van der Waals surface area contributed by atoms with Gasteiger partial charge in [-0.2, -0.15) is 0 Å². The van der Waals surface area contributed by atoms with Crippen LogP contribution >= 0.6 is 0 Å². The van der Waals surface area contributed by atoms with Crippen molar-refractivity contribution in [3.63, 3.8) is 0 Å². The summed E-state index contributed by atoms with van der Waals surface area (Å²) in [6, 6.07) is 3.97. The van der Waals surface area contributed by atoms with Gasteiger partial charge in [0.25, 0.3) is 0 Å². The van der Waals surface area contributed by atoms with Crippen molar-refractivity contribution in [1.29, 1.82) is 0 Å². The molecular formula is C14H23N3O. The first-order valence-corrected chi connectivity index (χ1v) is 6.34. The number of hydrogen-bond acceptors (Lipinski definition) is 4. The van der Waals surface area contributed by atoms with E-state index >= 15 is 0 Å². The molecule has 0 fully saturated rings. The molecule has 0 bridgehead atoms. The minimum Gasteiger partial charge on any atom is -0.352 e. The van der Waals surface area contributed by atoms with Gasteiger partial charge in [-0.05, 0) is 47.0 Å². The molecule has 0 saturated heterocycles. The highest BCUT2D eigenvalue weighted by molar-refractivity contribution is 5.98. The van der Waals surface area contributed by atoms with Crippen molar-refractivity contribution >= 4 is 11.6 Å². The second kappa shape index (κ2) is 6.50. The third-order valence-corrected chi connectivity index (χ3v) is 2.94. The van der Waals surface area contributed by atoms with E-state index in [2.05, 4.69) is 42.7 Å². The molecule has 1 atom stereocenters. The Morgan fingerprint density at radius 1 is 1.44 bits per heavy atom. The number of Topliss-reactive ketones (excluding diaryl/α,β-unsaturated/α-hetero) is 1. The topological polar surface area (TPSA) is 36.4 Å². The van der Waals surface area contributed by atoms with Crippen molar-refractivity contribution < 1.29 is 4.79 Å². The van der Waals surface area contributed by atoms with Gasteiger partial charge in [0.15, 0.2) is 5.78 Å². The lowest BCUT2D eigenvalue weighted by atomic mass is 10.1. The van der Waals surface area contributed by atoms with Crippen molar-refractivity contribution in [3.8, 4) is 0 Å². The van der Waals surface area contributed by atoms with Gasteiger partial charge in [0.1, 0.15) is 5.82 Å². The number of carbonyl (C=O) groups excluding carboxylic acids is 1. The summed E-state index contributed by atoms with van der Waals surface area (Å²) < 4.78 is 0. The Kier molecular flexibility index (Phi) is 5.28. The summed E-state index contributed by atoms with van der Waals surface area (Å²) in [7, 11) is 4.10. The van der Waals surface area contributed by atoms with Crippen LogP contribution in [-0.4, -0.2) is 48.9 Å². The molecule has 0 radical (unpaired) electrons. The van der Waals surface area contributed by atoms with E-state index in [0.29, 0.717) is 11.6 Å². The predicted octanol–water partition coefficient (Wildman–Crippen LogP) is 2.06. The molecular weight excluding hydrogens is 226 g/mol. The van der Waals surface area contributed by atoms with Crippen molar-refractivity contribution in [3.05, 3.63) is 23.9 Å². The first-order valence-electron chi connectivity index (χ1n) is 6.34. The van der Waals surface area contributed by atoms with Gasteiger partial charge in [0, 0.05) is 25.3 Å². The molecule has 4 nitrogen and oxygen atoms in total. The molecule has 0 N–H and O–H groups in total. The normalized spacial score (nSPS) is 12.6. The monoisotopic (exact) mass is 249 g/mol. The zero-order valence-electron chi connectivity index (χ0n) is 12.0. The minimum absolute atomic E-state index is 0.0635. The molecule has 0 aliphatic heterocycles. The van der Waals surface area contributed by atoms with E-state index in [9.17, 15) is 4.79 Å². The maximum atomic E-state index is 11.7. The molecule has 1 heterocycles. The van der Waals surface area contributed by atoms with Crippen molar-refractivity contribution in [1.82, 2.24) is 9.88 Å². The van der Waals surface area contributed by atoms with Gasteiger partial charge in [-0.1, -0.05) is 0 Å². The Bertz CT molecular complexity index is 404. The molecule has 1 aromatic rings. The van der Waals surface area contributed by atoms with Crippen LogP contribution in [0.25, 0.3) is 0 Å². The number of pyridine rings is 1. The highest BCUT2D eigenvalue weighted by atomic mass is 16.1. The van der Waals surface area contributed by atoms with Crippen LogP contribution in [0, 0.1) is 0 Å². The zero-order valence-corrected chi connectivity index (χ0v) is 12.0. The van der Waals surface area contributed by atoms with Gasteiger partial charge >= 0.3 is 0 Å². The summed E-state index contributed by atoms with van der Waals surface area (Å²) in [5, 5.41) is 0. The van der Waals surface area contributed by atoms with Gasteiger partial charge in [-0.15, -0.1) is 0 Å². The number of nitrogens with zero attached hydrogens (tertiary/aromatic N) is 3. The molecule has 0 aliphatic carbocycles. The Balaban J connectivity index is 3.05. The standard InChI is InChI=1S/C14H23N3O/c1-6-17(11(2)10-16(4)5)14-13(12(3)18)8-7-9-15-14/h7-9,11H,6,10H2,1-5H3. The molecule has 0 aliphatic rings. The Morgan fingerprint density at radius 3 is 2.61 bits per heavy atom. The molecule has 100 valence electrons. The first kappa shape index (κ1) is 14.6. The fourth-order valence-electron chi connectivity index (χ4n) is 2.20. The Labute approximate surface area is 110 Å². The van der Waals surface area contributed by atoms with Crippen LogP contribution in [0.1, 0.15) is 31.1 Å². The van der Waals surface area contributed by atoms with Crippen LogP contribution in [0.3, 0.4) is 0 Å². The summed E-state index contributed by atoms with van der Waals surface area (Å²) in [6.07, 6.45) is 1.74. The number of ketones is 1. The van der Waals surface area contributed by atoms with Crippen LogP contribution < -0.4 is 4.90 Å². The second-order valence-corrected chi connectivity index (χ2v) is 4.83. The van der Waals surface area contributed by atoms with Crippen LogP contribution in [0.15, 0.2) is 18.3 Å². The number of rotatable bonds is 6. The van der Waals surface area contributed by atoms with Gasteiger partial charge in [-0.3, -0.25) is 4.79 Å². The number of likely N-dealkylation sites (N-methyl/N-ethyl adjacent to an activating group) is 2. The number of hydrogen-bond donors (Lipinski definition) is 0. The van der Waals surface area contributed by atoms with Gasteiger partial charge in [-0.25, -0.2) is 4.98 Å². The van der Waals surface area contributed by atoms with Crippen LogP contribution in [0.2, 0.25) is 0 Å². The lowest BCUT2D eigenvalue weighted by molar-refractivity contribution is 0.101. The minimum atomic E-state index is 0.0635. The fourth-order valence-corrected chi connectivity index (χ4v) is 2.20. The Morgan fingerprint density at radius 2 is 2.11 bits per heavy atom. The third kappa shape index (κ3) is 3.53. The first-order chi connectivity index (χ1) is 8.47. The Hall–Kier alpha value is -1.42. The van der Waals surface area contributed by atoms with E-state index in [0.717, 1.165) is 18.9 Å². The fraction of sp³-hybridized carbons (Fsp3) is 0.571. The third-order valence-electron chi connectivity index (χ3n) is 2.94. The lowest BCUT2D eigenvalue weighted by Gasteiger charge is -2.32. The van der Waals surface area contributed by atoms with Crippen molar-refractivity contribution in [2.45, 2.75) is 26.8 Å². The molecule has 4 heteroatoms. The second-order valence-electron chi connectivity index (χ2n) is 4.83. The molecule has 1 aromatic heterocycles. The summed E-state index contributed by atoms with van der Waals surface area (Å²) >= 11 is 0. The smallest absolute Gasteiger partial charge is 0.163 e. The van der Waals surface area contributed by atoms with E-state index < -0.39 is 0 Å². The molecule has 1 rings (SSSR count). The SMILES string of the molecule is CCN(c1ncccc1C(C)=O)C(C)CN(C)C. The largest absolute Gasteiger partial charge is 0.352 e. The van der Waals surface area contributed by atoms with Crippen LogP contribution in [0.5, 0.6) is 0 Å². The van der Waals surface area contributed by atoms with Crippen LogP contribution in [0.4, 0.5) is 5.82 Å². The quantitative estimate of drug-likeness (QED) is 0.723. The highest BCUT2D eigenvalue weighted by Gasteiger charge is 2.19. The molecule has 1 unspecified atom stereocenters. The van der Waals surface area contributed by atoms with E-state index in [1.807, 2.05) is 12.1 Å². The molecule has 0 amide bonds. The van der Waals surface area contributed by atoms with Crippen molar-refractivity contribution in [2.24, 2.45) is 0 Å². The average molecular weight is 249 g/mol. The maximum absolute atomic E-state index is 11.7. The molecule has 0 spiro atoms. The van der Waals surface area contributed by atoms with Crippen LogP contribution in [-0.2, 0) is 0 Å². The maximum Gasteiger partial charge on any atom is 0.163 e. The van der Waals surface area contributed by atoms with Gasteiger partial charge in [0.05, 0.1) is 5.56 Å². The van der Waals surface area contributed by atoms with Gasteiger partial charge in [0.2, 0.25) is 0 Å². The van der Waals surface area contributed by atoms with Gasteiger partial charge < -0.3 is 9.80 Å². The summed E-state index contributed by atoms with van der Waals surface area (Å²) in [5.74, 6) is 0.857. The molecule has 0 saturated carbocycles. The molecule has 18 heavy (non-hydrogen) atoms. The number of anilines is 1. The van der Waals surface area contributed by atoms with E-state index in [4.69, 9.17) is 0 Å². The van der Waals surface area contributed by atoms with E-state index in [-0.39, 0.29) is 5.78 Å².